The van der Waals surface area contributed by atoms with Gasteiger partial charge in [0, 0.05) is 87.6 Å². The summed E-state index contributed by atoms with van der Waals surface area (Å²) in [6.07, 6.45) is 2.83. The lowest BCUT2D eigenvalue weighted by Gasteiger charge is -2.40. The molecule has 21 nitrogen and oxygen atoms in total. The number of ether oxygens (including phenoxy) is 9. The third-order valence-corrected chi connectivity index (χ3v) is 18.9. The second-order valence-electron chi connectivity index (χ2n) is 20.5. The lowest BCUT2D eigenvalue weighted by molar-refractivity contribution is -0.282. The van der Waals surface area contributed by atoms with Gasteiger partial charge >= 0.3 is 7.82 Å². The summed E-state index contributed by atoms with van der Waals surface area (Å²) in [6, 6.07) is 0. The summed E-state index contributed by atoms with van der Waals surface area (Å²) in [6.45, 7) is 17.6. The maximum atomic E-state index is 14.2. The van der Waals surface area contributed by atoms with Crippen molar-refractivity contribution in [2.45, 2.75) is 192 Å². The highest BCUT2D eigenvalue weighted by molar-refractivity contribution is 8.77. The normalized spacial score (nSPS) is 29.0. The number of methoxy groups -OCH3 is 2. The second kappa shape index (κ2) is 35.5. The van der Waals surface area contributed by atoms with Gasteiger partial charge in [0.05, 0.1) is 96.1 Å². The van der Waals surface area contributed by atoms with E-state index >= 15 is 0 Å². The molecule has 1 aromatic heterocycles. The highest BCUT2D eigenvalue weighted by Crippen LogP contribution is 2.54. The number of Topliss-reactive ketones (excluding diaryl/α,β-unsaturated/α-hetero) is 2. The zero-order valence-corrected chi connectivity index (χ0v) is 48.7. The summed E-state index contributed by atoms with van der Waals surface area (Å²) < 4.78 is 85.2. The first-order valence-electron chi connectivity index (χ1n) is 27.0. The van der Waals surface area contributed by atoms with Crippen LogP contribution in [0.3, 0.4) is 0 Å². The molecule has 3 aliphatic heterocycles. The summed E-state index contributed by atoms with van der Waals surface area (Å²) in [5.41, 5.74) is 0.767. The number of ketones is 2. The summed E-state index contributed by atoms with van der Waals surface area (Å²) in [5, 5.41) is 37.9. The molecule has 4 rings (SSSR count). The number of phosphoric acid groups is 1. The fraction of sp³-hybridized carbons (Fsp3) is 0.922. The minimum absolute atomic E-state index is 0.00494. The maximum absolute atomic E-state index is 14.2. The van der Waals surface area contributed by atoms with Gasteiger partial charge in [0.2, 0.25) is 0 Å². The van der Waals surface area contributed by atoms with E-state index in [0.29, 0.717) is 117 Å². The molecule has 24 heteroatoms. The number of aromatic nitrogens is 3. The van der Waals surface area contributed by atoms with Crippen molar-refractivity contribution >= 4 is 41.0 Å². The molecule has 436 valence electrons. The van der Waals surface area contributed by atoms with E-state index in [-0.39, 0.29) is 59.7 Å². The highest BCUT2D eigenvalue weighted by Gasteiger charge is 2.47. The average Bonchev–Trinajstić information content (AvgIpc) is 4.04. The lowest BCUT2D eigenvalue weighted by atomic mass is 9.92. The zero-order chi connectivity index (χ0) is 54.8. The van der Waals surface area contributed by atoms with E-state index in [4.69, 9.17) is 56.2 Å². The molecule has 4 heterocycles. The van der Waals surface area contributed by atoms with Crippen molar-refractivity contribution in [3.8, 4) is 0 Å². The minimum Gasteiger partial charge on any atom is -0.394 e. The van der Waals surface area contributed by atoms with E-state index in [1.807, 2.05) is 27.0 Å². The Kier molecular flexibility index (Phi) is 31.4. The Morgan fingerprint density at radius 3 is 2.05 bits per heavy atom. The first kappa shape index (κ1) is 66.3. The number of nitrogens with zero attached hydrogens (tertiary/aromatic N) is 3. The third kappa shape index (κ3) is 23.8. The highest BCUT2D eigenvalue weighted by atomic mass is 33.1. The molecule has 0 radical (unpaired) electrons. The molecule has 0 amide bonds. The van der Waals surface area contributed by atoms with Gasteiger partial charge in [0.1, 0.15) is 42.1 Å². The van der Waals surface area contributed by atoms with Crippen LogP contribution in [-0.4, -0.2) is 201 Å². The van der Waals surface area contributed by atoms with E-state index in [2.05, 4.69) is 31.1 Å². The van der Waals surface area contributed by atoms with Gasteiger partial charge < -0.3 is 58.0 Å². The quantitative estimate of drug-likeness (QED) is 0.0374. The molecule has 3 N–H and O–H groups in total. The molecule has 0 aliphatic carbocycles. The Labute approximate surface area is 453 Å². The molecule has 14 unspecified atom stereocenters. The fourth-order valence-corrected chi connectivity index (χ4v) is 13.1. The van der Waals surface area contributed by atoms with Crippen LogP contribution in [0.5, 0.6) is 0 Å². The maximum Gasteiger partial charge on any atom is 0.475 e. The molecule has 1 aromatic rings. The van der Waals surface area contributed by atoms with Gasteiger partial charge in [0.25, 0.3) is 0 Å². The van der Waals surface area contributed by atoms with Crippen molar-refractivity contribution in [3.05, 3.63) is 11.9 Å². The first-order chi connectivity index (χ1) is 35.9. The van der Waals surface area contributed by atoms with Crippen LogP contribution in [-0.2, 0) is 83.3 Å². The predicted octanol–water partition coefficient (Wildman–Crippen LogP) is 6.20. The van der Waals surface area contributed by atoms with Crippen molar-refractivity contribution in [1.82, 2.24) is 15.0 Å². The standard InChI is InChI=1S/C51H92N3O18PS2/c1-35-38(4)70-45(48(35)62-9)34-68-73(60,72-49-36(2)39(5)69-44(49)33-61-8)67-24-12-13-30-74-75-51(6,7)20-19-42(57)18-17-40-31-54(53-52-40)21-25-64-27-29-65-28-26-63-22-14-16-41(56)15-10-11-23-66-50-37(3)46(58)47(59)43(32-55)71-50/h31,35-39,43-50,55,58-59H,10-30,32-34H2,1-9H3. The number of carbonyl (C=O) groups excluding carboxylic acids is 2. The Hall–Kier alpha value is -1.19. The van der Waals surface area contributed by atoms with Gasteiger partial charge in [-0.25, -0.2) is 9.25 Å². The molecule has 0 saturated carbocycles. The number of rotatable bonds is 42. The van der Waals surface area contributed by atoms with Crippen LogP contribution in [0, 0.1) is 17.8 Å². The van der Waals surface area contributed by atoms with Crippen molar-refractivity contribution in [3.63, 3.8) is 0 Å². The Bertz CT molecular complexity index is 1790. The number of carbonyl (C=O) groups is 2. The summed E-state index contributed by atoms with van der Waals surface area (Å²) in [7, 11) is 2.74. The number of hydrogen-bond donors (Lipinski definition) is 3. The van der Waals surface area contributed by atoms with Crippen LogP contribution in [0.2, 0.25) is 0 Å². The van der Waals surface area contributed by atoms with Crippen molar-refractivity contribution in [2.75, 3.05) is 92.6 Å². The number of unbranched alkanes of at least 4 members (excludes halogenated alkanes) is 2. The van der Waals surface area contributed by atoms with Crippen LogP contribution in [0.25, 0.3) is 0 Å². The van der Waals surface area contributed by atoms with E-state index in [9.17, 15) is 29.5 Å². The summed E-state index contributed by atoms with van der Waals surface area (Å²) in [5.74, 6) is 0.864. The van der Waals surface area contributed by atoms with Crippen molar-refractivity contribution < 1.29 is 85.7 Å². The number of phosphoric ester groups is 1. The lowest BCUT2D eigenvalue weighted by Crippen LogP contribution is -2.55. The van der Waals surface area contributed by atoms with E-state index in [1.165, 1.54) is 0 Å². The van der Waals surface area contributed by atoms with Crippen LogP contribution >= 0.6 is 29.4 Å². The predicted molar refractivity (Wildman–Crippen MR) is 283 cm³/mol. The van der Waals surface area contributed by atoms with Crippen LogP contribution < -0.4 is 0 Å². The molecular weight excluding hydrogens is 1040 g/mol. The van der Waals surface area contributed by atoms with E-state index < -0.39 is 63.3 Å². The summed E-state index contributed by atoms with van der Waals surface area (Å²) in [4.78, 5) is 25.1. The van der Waals surface area contributed by atoms with Crippen molar-refractivity contribution in [1.29, 1.82) is 0 Å². The second-order valence-corrected chi connectivity index (χ2v) is 25.3. The van der Waals surface area contributed by atoms with Crippen molar-refractivity contribution in [2.24, 2.45) is 17.8 Å². The molecule has 0 bridgehead atoms. The monoisotopic (exact) mass is 1130 g/mol. The van der Waals surface area contributed by atoms with Crippen LogP contribution in [0.4, 0.5) is 0 Å². The first-order valence-corrected chi connectivity index (χ1v) is 30.8. The summed E-state index contributed by atoms with van der Waals surface area (Å²) >= 11 is 0. The topological polar surface area (TPSA) is 253 Å². The van der Waals surface area contributed by atoms with Crippen LogP contribution in [0.1, 0.15) is 118 Å². The molecular formula is C51H92N3O18PS2. The van der Waals surface area contributed by atoms with E-state index in [1.54, 1.807) is 47.4 Å². The smallest absolute Gasteiger partial charge is 0.394 e. The Balaban J connectivity index is 0.969. The van der Waals surface area contributed by atoms with Gasteiger partial charge in [-0.2, -0.15) is 0 Å². The molecule has 3 fully saturated rings. The molecule has 75 heavy (non-hydrogen) atoms. The van der Waals surface area contributed by atoms with E-state index in [0.717, 1.165) is 24.3 Å². The number of aliphatic hydroxyl groups is 3. The fourth-order valence-electron chi connectivity index (χ4n) is 8.85. The van der Waals surface area contributed by atoms with Gasteiger partial charge in [-0.1, -0.05) is 47.6 Å². The number of aliphatic hydroxyl groups excluding tert-OH is 3. The Morgan fingerprint density at radius 1 is 0.720 bits per heavy atom. The number of hydrogen-bond acceptors (Lipinski definition) is 22. The molecule has 3 saturated heterocycles. The molecule has 14 atom stereocenters. The molecule has 3 aliphatic rings. The number of aryl methyl sites for hydroxylation is 1. The molecule has 0 aromatic carbocycles. The zero-order valence-electron chi connectivity index (χ0n) is 46.1. The van der Waals surface area contributed by atoms with Gasteiger partial charge in [-0.3, -0.25) is 23.2 Å². The Morgan fingerprint density at radius 2 is 1.36 bits per heavy atom. The van der Waals surface area contributed by atoms with Gasteiger partial charge in [0.15, 0.2) is 6.29 Å². The largest absolute Gasteiger partial charge is 0.475 e. The van der Waals surface area contributed by atoms with Gasteiger partial charge in [-0.05, 0) is 72.6 Å². The average molecular weight is 1130 g/mol. The van der Waals surface area contributed by atoms with Gasteiger partial charge in [-0.15, -0.1) is 5.10 Å². The molecule has 0 spiro atoms. The minimum atomic E-state index is -4.02. The SMILES string of the molecule is COCC1OC(C)C(C)C1OP(=O)(OCCCCSSC(C)(C)CCC(=O)CCc1cn(CCOCCOCCOCCCC(=O)CCCCOC2OC(CO)C(O)C(O)C2C)nn1)OCC1OC(C)C(C)C1OC. The van der Waals surface area contributed by atoms with Crippen LogP contribution in [0.15, 0.2) is 6.20 Å². The third-order valence-electron chi connectivity index (χ3n) is 14.0.